The van der Waals surface area contributed by atoms with Crippen molar-refractivity contribution in [1.82, 2.24) is 0 Å². The number of carbonyl (C=O) groups is 1. The molecule has 0 radical (unpaired) electrons. The molecule has 186 valence electrons. The van der Waals surface area contributed by atoms with E-state index >= 15 is 0 Å². The van der Waals surface area contributed by atoms with Crippen molar-refractivity contribution in [1.29, 1.82) is 0 Å². The molecule has 0 N–H and O–H groups in total. The van der Waals surface area contributed by atoms with Crippen LogP contribution in [0.1, 0.15) is 106 Å². The van der Waals surface area contributed by atoms with Gasteiger partial charge in [0.25, 0.3) is 0 Å². The van der Waals surface area contributed by atoms with Crippen LogP contribution in [-0.4, -0.2) is 13.1 Å². The van der Waals surface area contributed by atoms with Crippen molar-refractivity contribution in [3.63, 3.8) is 0 Å². The summed E-state index contributed by atoms with van der Waals surface area (Å²) in [5, 5.41) is 0. The average molecular weight is 455 g/mol. The van der Waals surface area contributed by atoms with Gasteiger partial charge in [0, 0.05) is 0 Å². The van der Waals surface area contributed by atoms with E-state index in [-0.39, 0.29) is 11.4 Å². The van der Waals surface area contributed by atoms with Crippen molar-refractivity contribution < 1.29 is 9.53 Å². The van der Waals surface area contributed by atoms with E-state index in [0.29, 0.717) is 28.1 Å². The zero-order chi connectivity index (χ0) is 24.0. The summed E-state index contributed by atoms with van der Waals surface area (Å²) in [7, 11) is 1.57. The summed E-state index contributed by atoms with van der Waals surface area (Å²) in [6.07, 6.45) is 16.5. The van der Waals surface area contributed by atoms with Crippen LogP contribution in [0.15, 0.2) is 12.2 Å². The van der Waals surface area contributed by atoms with Crippen LogP contribution >= 0.6 is 0 Å². The first-order chi connectivity index (χ1) is 15.4. The van der Waals surface area contributed by atoms with Gasteiger partial charge in [-0.2, -0.15) is 0 Å². The molecule has 0 aromatic rings. The number of rotatable bonds is 1. The van der Waals surface area contributed by atoms with Crippen molar-refractivity contribution in [3.05, 3.63) is 12.2 Å². The maximum Gasteiger partial charge on any atom is 0.315 e. The van der Waals surface area contributed by atoms with Gasteiger partial charge in [0.15, 0.2) is 0 Å². The number of esters is 1. The SMILES string of the molecule is COC(=O)C1(C)C=CC[C@@]2(C)C1CC[C@]1(C)[C@@H]2CC[C@@H]2[C@@H]3[C@@H](C)[C@H](C)CC[C@]3(C)CC[C@]21C. The van der Waals surface area contributed by atoms with Gasteiger partial charge in [-0.3, -0.25) is 4.79 Å². The van der Waals surface area contributed by atoms with Crippen LogP contribution in [0.5, 0.6) is 0 Å². The molecule has 11 atom stereocenters. The molecule has 33 heavy (non-hydrogen) atoms. The summed E-state index contributed by atoms with van der Waals surface area (Å²) < 4.78 is 5.36. The molecular weight excluding hydrogens is 404 g/mol. The van der Waals surface area contributed by atoms with E-state index in [4.69, 9.17) is 4.74 Å². The summed E-state index contributed by atoms with van der Waals surface area (Å²) in [6, 6.07) is 0. The Hall–Kier alpha value is -0.790. The summed E-state index contributed by atoms with van der Waals surface area (Å²) in [5.74, 6) is 4.52. The number of ether oxygens (including phenoxy) is 1. The van der Waals surface area contributed by atoms with Crippen LogP contribution in [0.2, 0.25) is 0 Å². The summed E-state index contributed by atoms with van der Waals surface area (Å²) in [5.41, 5.74) is 1.05. The van der Waals surface area contributed by atoms with Gasteiger partial charge >= 0.3 is 5.97 Å². The number of allylic oxidation sites excluding steroid dienone is 1. The van der Waals surface area contributed by atoms with Crippen molar-refractivity contribution in [2.24, 2.45) is 62.6 Å². The third kappa shape index (κ3) is 2.88. The molecule has 4 saturated carbocycles. The highest BCUT2D eigenvalue weighted by Gasteiger charge is 2.69. The molecule has 0 aromatic carbocycles. The van der Waals surface area contributed by atoms with Crippen LogP contribution in [0, 0.1) is 62.6 Å². The fraction of sp³-hybridized carbons (Fsp3) is 0.903. The topological polar surface area (TPSA) is 26.3 Å². The quantitative estimate of drug-likeness (QED) is 0.296. The fourth-order valence-corrected chi connectivity index (χ4v) is 11.4. The average Bonchev–Trinajstić information content (AvgIpc) is 2.76. The number of hydrogen-bond donors (Lipinski definition) is 0. The van der Waals surface area contributed by atoms with E-state index < -0.39 is 5.41 Å². The lowest BCUT2D eigenvalue weighted by molar-refractivity contribution is -0.240. The second-order valence-electron chi connectivity index (χ2n) is 14.6. The normalized spacial score (nSPS) is 57.8. The number of fused-ring (bicyclic) bond motifs is 7. The lowest BCUT2D eigenvalue weighted by Gasteiger charge is -2.73. The Morgan fingerprint density at radius 3 is 2.27 bits per heavy atom. The van der Waals surface area contributed by atoms with Crippen LogP contribution in [0.25, 0.3) is 0 Å². The Morgan fingerprint density at radius 1 is 0.848 bits per heavy atom. The Bertz CT molecular complexity index is 846. The first-order valence-corrected chi connectivity index (χ1v) is 14.1. The standard InChI is InChI=1S/C31H50O2/c1-20-12-16-27(3)18-19-30(6)22(25(27)21(20)2)10-11-24-28(4)14-9-15-29(5,26(32)33-8)23(28)13-17-31(24,30)7/h9,15,20-25H,10-14,16-19H2,1-8H3/t20-,21+,22-,23?,24-,25+,27-,28+,29?,30-,31-/m1/s1. The molecule has 0 heterocycles. The van der Waals surface area contributed by atoms with Gasteiger partial charge in [0.1, 0.15) is 0 Å². The maximum atomic E-state index is 13.0. The molecule has 0 aliphatic heterocycles. The second kappa shape index (κ2) is 7.36. The summed E-state index contributed by atoms with van der Waals surface area (Å²) in [4.78, 5) is 13.0. The van der Waals surface area contributed by atoms with Gasteiger partial charge in [-0.25, -0.2) is 0 Å². The van der Waals surface area contributed by atoms with Crippen molar-refractivity contribution in [3.8, 4) is 0 Å². The molecule has 5 aliphatic carbocycles. The molecule has 4 fully saturated rings. The van der Waals surface area contributed by atoms with Crippen LogP contribution in [-0.2, 0) is 9.53 Å². The molecule has 2 heteroatoms. The maximum absolute atomic E-state index is 13.0. The molecule has 2 unspecified atom stereocenters. The van der Waals surface area contributed by atoms with E-state index in [0.717, 1.165) is 36.5 Å². The zero-order valence-corrected chi connectivity index (χ0v) is 22.8. The third-order valence-electron chi connectivity index (χ3n) is 13.7. The highest BCUT2D eigenvalue weighted by Crippen LogP contribution is 2.76. The second-order valence-corrected chi connectivity index (χ2v) is 14.6. The van der Waals surface area contributed by atoms with Crippen molar-refractivity contribution >= 4 is 5.97 Å². The molecular formula is C31H50O2. The monoisotopic (exact) mass is 454 g/mol. The third-order valence-corrected chi connectivity index (χ3v) is 13.7. The van der Waals surface area contributed by atoms with Gasteiger partial charge in [-0.1, -0.05) is 53.7 Å². The predicted molar refractivity (Wildman–Crippen MR) is 136 cm³/mol. The molecule has 0 spiro atoms. The number of hydrogen-bond acceptors (Lipinski definition) is 2. The summed E-state index contributed by atoms with van der Waals surface area (Å²) in [6.45, 7) is 17.9. The largest absolute Gasteiger partial charge is 0.468 e. The smallest absolute Gasteiger partial charge is 0.315 e. The van der Waals surface area contributed by atoms with E-state index in [1.54, 1.807) is 7.11 Å². The van der Waals surface area contributed by atoms with Crippen LogP contribution in [0.3, 0.4) is 0 Å². The van der Waals surface area contributed by atoms with E-state index in [2.05, 4.69) is 60.6 Å². The van der Waals surface area contributed by atoms with E-state index in [1.165, 1.54) is 44.9 Å². The Kier molecular flexibility index (Phi) is 5.34. The highest BCUT2D eigenvalue weighted by molar-refractivity contribution is 5.79. The minimum Gasteiger partial charge on any atom is -0.468 e. The number of carbonyl (C=O) groups excluding carboxylic acids is 1. The number of methoxy groups -OCH3 is 1. The van der Waals surface area contributed by atoms with Gasteiger partial charge < -0.3 is 4.74 Å². The van der Waals surface area contributed by atoms with Crippen LogP contribution < -0.4 is 0 Å². The van der Waals surface area contributed by atoms with Crippen molar-refractivity contribution in [2.45, 2.75) is 106 Å². The zero-order valence-electron chi connectivity index (χ0n) is 22.8. The molecule has 0 bridgehead atoms. The summed E-state index contributed by atoms with van der Waals surface area (Å²) >= 11 is 0. The molecule has 5 aliphatic rings. The van der Waals surface area contributed by atoms with Gasteiger partial charge in [0.2, 0.25) is 0 Å². The molecule has 0 aromatic heterocycles. The minimum atomic E-state index is -0.473. The van der Waals surface area contributed by atoms with E-state index in [9.17, 15) is 4.79 Å². The molecule has 2 nitrogen and oxygen atoms in total. The minimum absolute atomic E-state index is 0.0309. The molecule has 0 amide bonds. The highest BCUT2D eigenvalue weighted by atomic mass is 16.5. The first-order valence-electron chi connectivity index (χ1n) is 14.1. The molecule has 0 saturated heterocycles. The van der Waals surface area contributed by atoms with Gasteiger partial charge in [0.05, 0.1) is 12.5 Å². The Morgan fingerprint density at radius 2 is 1.58 bits per heavy atom. The fourth-order valence-electron chi connectivity index (χ4n) is 11.4. The lowest BCUT2D eigenvalue weighted by atomic mass is 9.31. The van der Waals surface area contributed by atoms with Gasteiger partial charge in [-0.05, 0) is 122 Å². The van der Waals surface area contributed by atoms with Crippen molar-refractivity contribution in [2.75, 3.05) is 7.11 Å². The predicted octanol–water partition coefficient (Wildman–Crippen LogP) is 8.06. The Balaban J connectivity index is 1.54. The lowest BCUT2D eigenvalue weighted by Crippen LogP contribution is -2.66. The molecule has 5 rings (SSSR count). The Labute approximate surface area is 203 Å². The van der Waals surface area contributed by atoms with E-state index in [1.807, 2.05) is 0 Å². The van der Waals surface area contributed by atoms with Gasteiger partial charge in [-0.15, -0.1) is 0 Å². The van der Waals surface area contributed by atoms with Crippen LogP contribution in [0.4, 0.5) is 0 Å². The first kappa shape index (κ1) is 23.9.